The molecule has 6 nitrogen and oxygen atoms in total. The van der Waals surface area contributed by atoms with Gasteiger partial charge in [0.2, 0.25) is 0 Å². The van der Waals surface area contributed by atoms with Gasteiger partial charge in [-0.25, -0.2) is 0 Å². The normalized spacial score (nSPS) is 13.0. The molecule has 2 rings (SSSR count). The zero-order valence-corrected chi connectivity index (χ0v) is 20.2. The Morgan fingerprint density at radius 2 is 0.971 bits per heavy atom. The van der Waals surface area contributed by atoms with Gasteiger partial charge in [0.1, 0.15) is 11.5 Å². The number of hydrogen-bond donors (Lipinski definition) is 0. The van der Waals surface area contributed by atoms with E-state index in [1.807, 2.05) is 0 Å². The Bertz CT molecular complexity index is 1150. The topological polar surface area (TPSA) is 86.7 Å². The highest BCUT2D eigenvalue weighted by atomic mass is 32.2. The third kappa shape index (κ3) is 7.75. The molecule has 35 heavy (non-hydrogen) atoms. The van der Waals surface area contributed by atoms with Gasteiger partial charge in [-0.1, -0.05) is 18.6 Å². The van der Waals surface area contributed by atoms with E-state index in [9.17, 15) is 43.2 Å². The van der Waals surface area contributed by atoms with Crippen molar-refractivity contribution in [1.29, 1.82) is 0 Å². The minimum Gasteiger partial charge on any atom is -0.376 e. The number of halogens is 6. The Hall–Kier alpha value is -2.48. The molecule has 196 valence electrons. The fourth-order valence-corrected chi connectivity index (χ4v) is 4.06. The number of unbranched alkanes of at least 4 members (excludes halogenated alkanes) is 2. The van der Waals surface area contributed by atoms with Crippen LogP contribution in [0.2, 0.25) is 0 Å². The van der Waals surface area contributed by atoms with Gasteiger partial charge in [-0.05, 0) is 86.1 Å². The van der Waals surface area contributed by atoms with Crippen LogP contribution < -0.4 is 8.37 Å². The van der Waals surface area contributed by atoms with E-state index in [1.54, 1.807) is 13.8 Å². The fraction of sp³-hybridized carbons (Fsp3) is 0.429. The van der Waals surface area contributed by atoms with E-state index in [4.69, 9.17) is 0 Å². The van der Waals surface area contributed by atoms with E-state index in [2.05, 4.69) is 8.37 Å². The molecule has 0 unspecified atom stereocenters. The SMILES string of the molecule is Cc1cc(OS(=O)(=O)C(F)(F)F)ccc1CCCCCc1ccc(OS(=O)(=O)C(F)(F)F)cc1C. The minimum atomic E-state index is -5.74. The second kappa shape index (κ2) is 10.6. The number of hydrogen-bond acceptors (Lipinski definition) is 6. The van der Waals surface area contributed by atoms with Gasteiger partial charge in [0.25, 0.3) is 0 Å². The van der Waals surface area contributed by atoms with Crippen molar-refractivity contribution >= 4 is 20.2 Å². The second-order valence-corrected chi connectivity index (χ2v) is 10.8. The second-order valence-electron chi connectivity index (χ2n) is 7.70. The number of rotatable bonds is 10. The molecule has 2 aromatic rings. The van der Waals surface area contributed by atoms with Gasteiger partial charge in [-0.3, -0.25) is 0 Å². The van der Waals surface area contributed by atoms with Gasteiger partial charge in [0, 0.05) is 0 Å². The van der Waals surface area contributed by atoms with Crippen LogP contribution in [0, 0.1) is 13.8 Å². The van der Waals surface area contributed by atoms with Gasteiger partial charge >= 0.3 is 31.3 Å². The first-order valence-electron chi connectivity index (χ1n) is 10.1. The van der Waals surface area contributed by atoms with Crippen LogP contribution in [0.1, 0.15) is 41.5 Å². The van der Waals surface area contributed by atoms with E-state index < -0.39 is 42.8 Å². The monoisotopic (exact) mass is 548 g/mol. The summed E-state index contributed by atoms with van der Waals surface area (Å²) < 4.78 is 127. The van der Waals surface area contributed by atoms with Crippen LogP contribution in [-0.2, 0) is 33.1 Å². The molecule has 0 bridgehead atoms. The Labute approximate surface area is 199 Å². The lowest BCUT2D eigenvalue weighted by molar-refractivity contribution is -0.0504. The molecule has 0 radical (unpaired) electrons. The molecule has 0 saturated carbocycles. The molecular weight excluding hydrogens is 526 g/mol. The average Bonchev–Trinajstić information content (AvgIpc) is 2.68. The summed E-state index contributed by atoms with van der Waals surface area (Å²) >= 11 is 0. The smallest absolute Gasteiger partial charge is 0.376 e. The van der Waals surface area contributed by atoms with E-state index >= 15 is 0 Å². The zero-order valence-electron chi connectivity index (χ0n) is 18.5. The number of benzene rings is 2. The summed E-state index contributed by atoms with van der Waals surface area (Å²) in [7, 11) is -11.5. The van der Waals surface area contributed by atoms with Crippen molar-refractivity contribution in [2.45, 2.75) is 57.0 Å². The lowest BCUT2D eigenvalue weighted by Crippen LogP contribution is -2.28. The van der Waals surface area contributed by atoms with Crippen LogP contribution in [0.25, 0.3) is 0 Å². The molecule has 0 heterocycles. The summed E-state index contributed by atoms with van der Waals surface area (Å²) in [6.45, 7) is 3.24. The summed E-state index contributed by atoms with van der Waals surface area (Å²) in [5.41, 5.74) is -8.28. The molecule has 0 aliphatic heterocycles. The van der Waals surface area contributed by atoms with Gasteiger partial charge in [-0.15, -0.1) is 0 Å². The van der Waals surface area contributed by atoms with Crippen LogP contribution in [0.4, 0.5) is 26.3 Å². The molecule has 14 heteroatoms. The Morgan fingerprint density at radius 1 is 0.629 bits per heavy atom. The van der Waals surface area contributed by atoms with Crippen LogP contribution >= 0.6 is 0 Å². The summed E-state index contributed by atoms with van der Waals surface area (Å²) in [5, 5.41) is 0. The van der Waals surface area contributed by atoms with Gasteiger partial charge in [-0.2, -0.15) is 43.2 Å². The largest absolute Gasteiger partial charge is 0.534 e. The number of alkyl halides is 6. The Morgan fingerprint density at radius 3 is 1.26 bits per heavy atom. The predicted molar refractivity (Wildman–Crippen MR) is 115 cm³/mol. The van der Waals surface area contributed by atoms with Crippen molar-refractivity contribution in [3.05, 3.63) is 58.7 Å². The van der Waals surface area contributed by atoms with Gasteiger partial charge in [0.15, 0.2) is 0 Å². The van der Waals surface area contributed by atoms with Crippen molar-refractivity contribution in [1.82, 2.24) is 0 Å². The van der Waals surface area contributed by atoms with Crippen molar-refractivity contribution in [3.8, 4) is 11.5 Å². The highest BCUT2D eigenvalue weighted by molar-refractivity contribution is 7.88. The van der Waals surface area contributed by atoms with E-state index in [1.165, 1.54) is 24.3 Å². The quantitative estimate of drug-likeness (QED) is 0.164. The van der Waals surface area contributed by atoms with Crippen molar-refractivity contribution in [2.24, 2.45) is 0 Å². The fourth-order valence-electron chi connectivity index (χ4n) is 3.16. The summed E-state index contributed by atoms with van der Waals surface area (Å²) in [6.07, 6.45) is 3.34. The summed E-state index contributed by atoms with van der Waals surface area (Å²) in [5.74, 6) is -0.871. The first-order chi connectivity index (χ1) is 15.9. The van der Waals surface area contributed by atoms with E-state index in [0.29, 0.717) is 36.8 Å². The molecule has 0 saturated heterocycles. The first-order valence-corrected chi connectivity index (χ1v) is 13.0. The van der Waals surface area contributed by atoms with E-state index in [0.717, 1.165) is 29.7 Å². The molecular formula is C21H22F6O6S2. The highest BCUT2D eigenvalue weighted by Gasteiger charge is 2.49. The van der Waals surface area contributed by atoms with E-state index in [-0.39, 0.29) is 0 Å². The maximum atomic E-state index is 12.4. The average molecular weight is 549 g/mol. The molecule has 0 fully saturated rings. The van der Waals surface area contributed by atoms with Crippen molar-refractivity contribution in [3.63, 3.8) is 0 Å². The third-order valence-corrected chi connectivity index (χ3v) is 6.96. The number of aryl methyl sites for hydroxylation is 4. The summed E-state index contributed by atoms with van der Waals surface area (Å²) in [4.78, 5) is 0. The zero-order chi connectivity index (χ0) is 26.7. The Kier molecular flexibility index (Phi) is 8.74. The molecule has 0 aliphatic rings. The maximum Gasteiger partial charge on any atom is 0.534 e. The summed E-state index contributed by atoms with van der Waals surface area (Å²) in [6, 6.07) is 7.72. The van der Waals surface area contributed by atoms with Crippen LogP contribution in [0.15, 0.2) is 36.4 Å². The van der Waals surface area contributed by atoms with Crippen molar-refractivity contribution < 1.29 is 51.5 Å². The predicted octanol–water partition coefficient (Wildman–Crippen LogP) is 5.72. The lowest BCUT2D eigenvalue weighted by Gasteiger charge is -2.12. The minimum absolute atomic E-state index is 0.436. The molecule has 0 amide bonds. The molecule has 0 spiro atoms. The molecule has 0 atom stereocenters. The molecule has 2 aromatic carbocycles. The van der Waals surface area contributed by atoms with Crippen LogP contribution in [-0.4, -0.2) is 27.9 Å². The lowest BCUT2D eigenvalue weighted by atomic mass is 9.99. The Balaban J connectivity index is 1.86. The van der Waals surface area contributed by atoms with Gasteiger partial charge < -0.3 is 8.37 Å². The van der Waals surface area contributed by atoms with Crippen LogP contribution in [0.5, 0.6) is 11.5 Å². The standard InChI is InChI=1S/C21H22F6O6S2/c1-14-12-18(32-34(28,29)20(22,23)24)10-8-16(14)6-4-3-5-7-17-9-11-19(13-15(17)2)33-35(30,31)21(25,26)27/h8-13H,3-7H2,1-2H3. The van der Waals surface area contributed by atoms with Crippen LogP contribution in [0.3, 0.4) is 0 Å². The highest BCUT2D eigenvalue weighted by Crippen LogP contribution is 2.29. The maximum absolute atomic E-state index is 12.4. The van der Waals surface area contributed by atoms with Crippen molar-refractivity contribution in [2.75, 3.05) is 0 Å². The first kappa shape index (κ1) is 28.8. The van der Waals surface area contributed by atoms with Gasteiger partial charge in [0.05, 0.1) is 0 Å². The molecule has 0 aliphatic carbocycles. The third-order valence-electron chi connectivity index (χ3n) is 5.00. The molecule has 0 aromatic heterocycles. The molecule has 0 N–H and O–H groups in total.